The smallest absolute Gasteiger partial charge is 0.346 e. The number of nitrogens with zero attached hydrogens (tertiary/aromatic N) is 6. The highest BCUT2D eigenvalue weighted by Gasteiger charge is 2.20. The first kappa shape index (κ1) is 26.4. The largest absolute Gasteiger partial charge is 0.495 e. The van der Waals surface area contributed by atoms with Crippen molar-refractivity contribution in [1.29, 1.82) is 0 Å². The van der Waals surface area contributed by atoms with Crippen molar-refractivity contribution >= 4 is 30.5 Å². The second kappa shape index (κ2) is 12.4. The molecule has 33 heavy (non-hydrogen) atoms. The molecule has 0 bridgehead atoms. The van der Waals surface area contributed by atoms with Gasteiger partial charge in [0.2, 0.25) is 0 Å². The molecule has 0 unspecified atom stereocenters. The van der Waals surface area contributed by atoms with Gasteiger partial charge in [0.1, 0.15) is 5.75 Å². The average Bonchev–Trinajstić information content (AvgIpc) is 3.14. The fraction of sp³-hybridized carbons (Fsp3) is 0.348. The standard InChI is InChI=1S/C23H28N6O2.2ClH/c1-3-11-28-22(19-7-6-10-24-18-19)25-29(23(28)30)17-14-26-12-15-27(16-13-26)20-8-4-5-9-21(20)31-2;;/h3-10,18H,1,11-17H2,2H3;2*1H. The Hall–Kier alpha value is -2.81. The molecular weight excluding hydrogens is 463 g/mol. The normalized spacial score (nSPS) is 13.7. The molecule has 1 aromatic carbocycles. The number of pyridine rings is 1. The molecule has 3 aromatic rings. The fourth-order valence-electron chi connectivity index (χ4n) is 3.93. The summed E-state index contributed by atoms with van der Waals surface area (Å²) in [6.45, 7) is 9.20. The Kier molecular flexibility index (Phi) is 9.96. The summed E-state index contributed by atoms with van der Waals surface area (Å²) in [5.74, 6) is 1.53. The number of rotatable bonds is 8. The Bertz CT molecular complexity index is 1080. The summed E-state index contributed by atoms with van der Waals surface area (Å²) in [7, 11) is 1.71. The zero-order valence-electron chi connectivity index (χ0n) is 18.7. The number of ether oxygens (including phenoxy) is 1. The van der Waals surface area contributed by atoms with Crippen molar-refractivity contribution in [2.24, 2.45) is 0 Å². The Labute approximate surface area is 206 Å². The molecule has 1 fully saturated rings. The summed E-state index contributed by atoms with van der Waals surface area (Å²) < 4.78 is 8.69. The van der Waals surface area contributed by atoms with Gasteiger partial charge in [0.25, 0.3) is 0 Å². The first-order valence-electron chi connectivity index (χ1n) is 10.5. The first-order valence-corrected chi connectivity index (χ1v) is 10.5. The van der Waals surface area contributed by atoms with Gasteiger partial charge in [-0.15, -0.1) is 36.5 Å². The molecule has 0 aliphatic carbocycles. The predicted molar refractivity (Wildman–Crippen MR) is 136 cm³/mol. The van der Waals surface area contributed by atoms with Crippen LogP contribution in [0.5, 0.6) is 5.75 Å². The molecule has 0 spiro atoms. The van der Waals surface area contributed by atoms with Crippen LogP contribution in [0.1, 0.15) is 0 Å². The van der Waals surface area contributed by atoms with Crippen molar-refractivity contribution in [3.8, 4) is 17.1 Å². The maximum atomic E-state index is 12.9. The van der Waals surface area contributed by atoms with Gasteiger partial charge in [0, 0.05) is 57.2 Å². The number of halogens is 2. The van der Waals surface area contributed by atoms with Crippen LogP contribution in [0, 0.1) is 0 Å². The maximum Gasteiger partial charge on any atom is 0.346 e. The van der Waals surface area contributed by atoms with E-state index in [-0.39, 0.29) is 30.5 Å². The fourth-order valence-corrected chi connectivity index (χ4v) is 3.93. The summed E-state index contributed by atoms with van der Waals surface area (Å²) in [4.78, 5) is 21.8. The monoisotopic (exact) mass is 492 g/mol. The molecule has 0 saturated carbocycles. The van der Waals surface area contributed by atoms with E-state index in [4.69, 9.17) is 4.74 Å². The third-order valence-electron chi connectivity index (χ3n) is 5.58. The van der Waals surface area contributed by atoms with Crippen LogP contribution in [0.15, 0.2) is 66.2 Å². The summed E-state index contributed by atoms with van der Waals surface area (Å²) in [6, 6.07) is 11.9. The molecule has 2 aromatic heterocycles. The lowest BCUT2D eigenvalue weighted by atomic mass is 10.2. The van der Waals surface area contributed by atoms with Crippen molar-refractivity contribution < 1.29 is 4.74 Å². The zero-order valence-corrected chi connectivity index (χ0v) is 20.3. The highest BCUT2D eigenvalue weighted by atomic mass is 35.5. The molecule has 1 aliphatic heterocycles. The van der Waals surface area contributed by atoms with Crippen LogP contribution in [-0.4, -0.2) is 64.1 Å². The zero-order chi connectivity index (χ0) is 21.6. The molecule has 1 saturated heterocycles. The lowest BCUT2D eigenvalue weighted by molar-refractivity contribution is 0.242. The number of anilines is 1. The van der Waals surface area contributed by atoms with Crippen LogP contribution >= 0.6 is 24.8 Å². The Morgan fingerprint density at radius 1 is 1.06 bits per heavy atom. The molecule has 3 heterocycles. The topological polar surface area (TPSA) is 68.4 Å². The van der Waals surface area contributed by atoms with Gasteiger partial charge in [-0.2, -0.15) is 0 Å². The van der Waals surface area contributed by atoms with E-state index in [0.29, 0.717) is 18.9 Å². The van der Waals surface area contributed by atoms with Gasteiger partial charge in [-0.05, 0) is 24.3 Å². The lowest BCUT2D eigenvalue weighted by Gasteiger charge is -2.36. The Balaban J connectivity index is 0.00000193. The van der Waals surface area contributed by atoms with E-state index < -0.39 is 0 Å². The van der Waals surface area contributed by atoms with Crippen LogP contribution in [0.4, 0.5) is 5.69 Å². The van der Waals surface area contributed by atoms with Gasteiger partial charge < -0.3 is 9.64 Å². The third-order valence-corrected chi connectivity index (χ3v) is 5.58. The summed E-state index contributed by atoms with van der Waals surface area (Å²) in [6.07, 6.45) is 5.15. The maximum absolute atomic E-state index is 12.9. The van der Waals surface area contributed by atoms with E-state index in [1.54, 1.807) is 34.8 Å². The number of allylic oxidation sites excluding steroid dienone is 1. The van der Waals surface area contributed by atoms with Crippen molar-refractivity contribution in [2.75, 3.05) is 44.7 Å². The molecule has 178 valence electrons. The van der Waals surface area contributed by atoms with E-state index in [0.717, 1.165) is 49.7 Å². The molecule has 0 radical (unpaired) electrons. The van der Waals surface area contributed by atoms with E-state index in [2.05, 4.69) is 32.5 Å². The van der Waals surface area contributed by atoms with Gasteiger partial charge in [-0.25, -0.2) is 9.48 Å². The highest BCUT2D eigenvalue weighted by Crippen LogP contribution is 2.28. The summed E-state index contributed by atoms with van der Waals surface area (Å²) >= 11 is 0. The average molecular weight is 493 g/mol. The highest BCUT2D eigenvalue weighted by molar-refractivity contribution is 5.85. The Morgan fingerprint density at radius 3 is 2.48 bits per heavy atom. The van der Waals surface area contributed by atoms with Crippen molar-refractivity contribution in [3.05, 3.63) is 71.9 Å². The van der Waals surface area contributed by atoms with E-state index in [9.17, 15) is 4.79 Å². The minimum absolute atomic E-state index is 0. The minimum Gasteiger partial charge on any atom is -0.495 e. The van der Waals surface area contributed by atoms with Crippen LogP contribution in [0.25, 0.3) is 11.4 Å². The summed E-state index contributed by atoms with van der Waals surface area (Å²) in [5.41, 5.74) is 1.84. The van der Waals surface area contributed by atoms with Crippen molar-refractivity contribution in [1.82, 2.24) is 24.2 Å². The predicted octanol–water partition coefficient (Wildman–Crippen LogP) is 2.97. The van der Waals surface area contributed by atoms with Crippen molar-refractivity contribution in [2.45, 2.75) is 13.1 Å². The van der Waals surface area contributed by atoms with Crippen LogP contribution in [0.2, 0.25) is 0 Å². The Morgan fingerprint density at radius 2 is 1.82 bits per heavy atom. The number of hydrogen-bond acceptors (Lipinski definition) is 6. The minimum atomic E-state index is -0.119. The van der Waals surface area contributed by atoms with Gasteiger partial charge in [0.15, 0.2) is 5.82 Å². The molecule has 1 aliphatic rings. The molecule has 0 amide bonds. The first-order chi connectivity index (χ1) is 15.2. The SMILES string of the molecule is C=CCn1c(-c2cccnc2)nn(CCN2CCN(c3ccccc3OC)CC2)c1=O.Cl.Cl. The van der Waals surface area contributed by atoms with Crippen LogP contribution in [-0.2, 0) is 13.1 Å². The molecular formula is C23H30Cl2N6O2. The molecule has 0 N–H and O–H groups in total. The van der Waals surface area contributed by atoms with E-state index in [1.807, 2.05) is 30.3 Å². The molecule has 0 atom stereocenters. The third kappa shape index (κ3) is 5.96. The van der Waals surface area contributed by atoms with Crippen molar-refractivity contribution in [3.63, 3.8) is 0 Å². The molecule has 8 nitrogen and oxygen atoms in total. The van der Waals surface area contributed by atoms with Crippen LogP contribution < -0.4 is 15.3 Å². The molecule has 10 heteroatoms. The lowest BCUT2D eigenvalue weighted by Crippen LogP contribution is -2.47. The van der Waals surface area contributed by atoms with Gasteiger partial charge >= 0.3 is 5.69 Å². The second-order valence-corrected chi connectivity index (χ2v) is 7.47. The van der Waals surface area contributed by atoms with E-state index in [1.165, 1.54) is 0 Å². The van der Waals surface area contributed by atoms with E-state index >= 15 is 0 Å². The van der Waals surface area contributed by atoms with Gasteiger partial charge in [0.05, 0.1) is 19.3 Å². The number of piperazine rings is 1. The number of methoxy groups -OCH3 is 1. The van der Waals surface area contributed by atoms with Gasteiger partial charge in [-0.1, -0.05) is 18.2 Å². The summed E-state index contributed by atoms with van der Waals surface area (Å²) in [5, 5.41) is 4.59. The quantitative estimate of drug-likeness (QED) is 0.450. The number of benzene rings is 1. The number of hydrogen-bond donors (Lipinski definition) is 0. The second-order valence-electron chi connectivity index (χ2n) is 7.47. The number of para-hydroxylation sites is 2. The molecule has 4 rings (SSSR count). The van der Waals surface area contributed by atoms with Gasteiger partial charge in [-0.3, -0.25) is 14.5 Å². The van der Waals surface area contributed by atoms with Crippen LogP contribution in [0.3, 0.4) is 0 Å². The number of aromatic nitrogens is 4.